The Morgan fingerprint density at radius 2 is 1.78 bits per heavy atom. The number of aromatic nitrogens is 3. The lowest BCUT2D eigenvalue weighted by molar-refractivity contribution is -0.138. The average Bonchev–Trinajstić information content (AvgIpc) is 3.32. The summed E-state index contributed by atoms with van der Waals surface area (Å²) >= 11 is 0. The van der Waals surface area contributed by atoms with Crippen molar-refractivity contribution >= 4 is 11.6 Å². The standard InChI is InChI=1S/C27H25F3N4O2/c28-27(29,30)22-12-13-24-31-32-26(34(24)17-22)21-10-6-14-33(16-21)25(35)18-36-23-11-5-4-9-20(23)15-19-7-2-1-3-8-19/h1-5,7-9,11-13,17,21H,6,10,14-16,18H2. The summed E-state index contributed by atoms with van der Waals surface area (Å²) in [6, 6.07) is 20.0. The fraction of sp³-hybridized carbons (Fsp3) is 0.296. The van der Waals surface area contributed by atoms with Crippen LogP contribution in [0.5, 0.6) is 5.75 Å². The van der Waals surface area contributed by atoms with Crippen LogP contribution in [0, 0.1) is 0 Å². The number of carbonyl (C=O) groups excluding carboxylic acids is 1. The van der Waals surface area contributed by atoms with E-state index in [4.69, 9.17) is 4.74 Å². The lowest BCUT2D eigenvalue weighted by Crippen LogP contribution is -2.42. The second-order valence-corrected chi connectivity index (χ2v) is 8.94. The van der Waals surface area contributed by atoms with Gasteiger partial charge in [-0.05, 0) is 42.2 Å². The highest BCUT2D eigenvalue weighted by atomic mass is 19.4. The van der Waals surface area contributed by atoms with E-state index >= 15 is 0 Å². The molecule has 1 saturated heterocycles. The molecule has 0 spiro atoms. The van der Waals surface area contributed by atoms with Crippen LogP contribution >= 0.6 is 0 Å². The fourth-order valence-electron chi connectivity index (χ4n) is 4.61. The predicted molar refractivity (Wildman–Crippen MR) is 128 cm³/mol. The third-order valence-electron chi connectivity index (χ3n) is 6.46. The van der Waals surface area contributed by atoms with E-state index in [9.17, 15) is 18.0 Å². The smallest absolute Gasteiger partial charge is 0.417 e. The number of nitrogens with zero attached hydrogens (tertiary/aromatic N) is 4. The van der Waals surface area contributed by atoms with Gasteiger partial charge < -0.3 is 9.64 Å². The highest BCUT2D eigenvalue weighted by Gasteiger charge is 2.33. The van der Waals surface area contributed by atoms with Crippen molar-refractivity contribution in [1.82, 2.24) is 19.5 Å². The summed E-state index contributed by atoms with van der Waals surface area (Å²) in [6.45, 7) is 0.803. The highest BCUT2D eigenvalue weighted by Crippen LogP contribution is 2.31. The van der Waals surface area contributed by atoms with Crippen LogP contribution in [0.1, 0.15) is 41.3 Å². The molecule has 0 radical (unpaired) electrons. The number of fused-ring (bicyclic) bond motifs is 1. The number of likely N-dealkylation sites (tertiary alicyclic amines) is 1. The first-order chi connectivity index (χ1) is 17.4. The Balaban J connectivity index is 1.26. The van der Waals surface area contributed by atoms with Gasteiger partial charge in [-0.3, -0.25) is 9.20 Å². The number of piperidine rings is 1. The van der Waals surface area contributed by atoms with Gasteiger partial charge in [0.15, 0.2) is 12.3 Å². The lowest BCUT2D eigenvalue weighted by atomic mass is 9.97. The van der Waals surface area contributed by atoms with Crippen LogP contribution in [0.15, 0.2) is 72.9 Å². The van der Waals surface area contributed by atoms with E-state index in [1.165, 1.54) is 10.5 Å². The summed E-state index contributed by atoms with van der Waals surface area (Å²) in [5.41, 5.74) is 1.72. The number of ether oxygens (including phenoxy) is 1. The SMILES string of the molecule is O=C(COc1ccccc1Cc1ccccc1)N1CCCC(c2nnc3ccc(C(F)(F)F)cn23)C1. The minimum absolute atomic E-state index is 0.114. The second-order valence-electron chi connectivity index (χ2n) is 8.94. The van der Waals surface area contributed by atoms with Crippen molar-refractivity contribution in [2.75, 3.05) is 19.7 Å². The van der Waals surface area contributed by atoms with Crippen LogP contribution in [0.2, 0.25) is 0 Å². The molecule has 0 N–H and O–H groups in total. The molecule has 6 nitrogen and oxygen atoms in total. The monoisotopic (exact) mass is 494 g/mol. The Morgan fingerprint density at radius 1 is 1.00 bits per heavy atom. The Labute approximate surface area is 206 Å². The largest absolute Gasteiger partial charge is 0.483 e. The number of amides is 1. The molecule has 1 aliphatic rings. The van der Waals surface area contributed by atoms with Gasteiger partial charge in [-0.15, -0.1) is 10.2 Å². The predicted octanol–water partition coefficient (Wildman–Crippen LogP) is 5.12. The number of carbonyl (C=O) groups is 1. The molecule has 2 aromatic carbocycles. The van der Waals surface area contributed by atoms with Crippen molar-refractivity contribution in [2.24, 2.45) is 0 Å². The molecular formula is C27H25F3N4O2. The van der Waals surface area contributed by atoms with E-state index < -0.39 is 11.7 Å². The van der Waals surface area contributed by atoms with E-state index in [0.717, 1.165) is 29.8 Å². The molecule has 0 bridgehead atoms. The van der Waals surface area contributed by atoms with Gasteiger partial charge >= 0.3 is 6.18 Å². The maximum absolute atomic E-state index is 13.2. The summed E-state index contributed by atoms with van der Waals surface area (Å²) in [5.74, 6) is 0.708. The van der Waals surface area contributed by atoms with E-state index in [-0.39, 0.29) is 18.4 Å². The van der Waals surface area contributed by atoms with Gasteiger partial charge in [0.05, 0.1) is 5.56 Å². The van der Waals surface area contributed by atoms with Gasteiger partial charge in [-0.1, -0.05) is 48.5 Å². The molecule has 1 amide bonds. The molecular weight excluding hydrogens is 469 g/mol. The number of benzene rings is 2. The molecule has 1 fully saturated rings. The number of rotatable bonds is 6. The topological polar surface area (TPSA) is 59.7 Å². The molecule has 186 valence electrons. The van der Waals surface area contributed by atoms with Crippen molar-refractivity contribution in [1.29, 1.82) is 0 Å². The molecule has 5 rings (SSSR count). The van der Waals surface area contributed by atoms with Crippen LogP contribution in [-0.2, 0) is 17.4 Å². The first kappa shape index (κ1) is 23.8. The van der Waals surface area contributed by atoms with Gasteiger partial charge in [-0.2, -0.15) is 13.2 Å². The van der Waals surface area contributed by atoms with E-state index in [0.29, 0.717) is 43.2 Å². The van der Waals surface area contributed by atoms with Gasteiger partial charge in [0, 0.05) is 31.6 Å². The van der Waals surface area contributed by atoms with Gasteiger partial charge in [0.25, 0.3) is 5.91 Å². The van der Waals surface area contributed by atoms with Crippen LogP contribution in [0.3, 0.4) is 0 Å². The van der Waals surface area contributed by atoms with Crippen molar-refractivity contribution in [3.8, 4) is 5.75 Å². The number of hydrogen-bond acceptors (Lipinski definition) is 4. The highest BCUT2D eigenvalue weighted by molar-refractivity contribution is 5.78. The van der Waals surface area contributed by atoms with Gasteiger partial charge in [0.2, 0.25) is 0 Å². The van der Waals surface area contributed by atoms with Crippen LogP contribution < -0.4 is 4.74 Å². The zero-order valence-electron chi connectivity index (χ0n) is 19.5. The van der Waals surface area contributed by atoms with Crippen molar-refractivity contribution in [3.63, 3.8) is 0 Å². The maximum Gasteiger partial charge on any atom is 0.417 e. The zero-order valence-corrected chi connectivity index (χ0v) is 19.5. The van der Waals surface area contributed by atoms with Crippen molar-refractivity contribution in [3.05, 3.63) is 95.4 Å². The van der Waals surface area contributed by atoms with Crippen molar-refractivity contribution in [2.45, 2.75) is 31.4 Å². The molecule has 1 atom stereocenters. The number of para-hydroxylation sites is 1. The van der Waals surface area contributed by atoms with Gasteiger partial charge in [-0.25, -0.2) is 0 Å². The minimum Gasteiger partial charge on any atom is -0.483 e. The Bertz CT molecular complexity index is 1350. The number of alkyl halides is 3. The molecule has 36 heavy (non-hydrogen) atoms. The first-order valence-corrected chi connectivity index (χ1v) is 11.8. The van der Waals surface area contributed by atoms with E-state index in [2.05, 4.69) is 10.2 Å². The summed E-state index contributed by atoms with van der Waals surface area (Å²) < 4.78 is 47.0. The first-order valence-electron chi connectivity index (χ1n) is 11.8. The summed E-state index contributed by atoms with van der Waals surface area (Å²) in [6.07, 6.45) is -1.32. The minimum atomic E-state index is -4.46. The molecule has 1 aliphatic heterocycles. The van der Waals surface area contributed by atoms with Crippen LogP contribution in [-0.4, -0.2) is 45.1 Å². The number of hydrogen-bond donors (Lipinski definition) is 0. The zero-order chi connectivity index (χ0) is 25.1. The summed E-state index contributed by atoms with van der Waals surface area (Å²) in [7, 11) is 0. The summed E-state index contributed by atoms with van der Waals surface area (Å²) in [4.78, 5) is 14.7. The molecule has 0 saturated carbocycles. The molecule has 3 heterocycles. The van der Waals surface area contributed by atoms with E-state index in [1.807, 2.05) is 54.6 Å². The summed E-state index contributed by atoms with van der Waals surface area (Å²) in [5, 5.41) is 8.18. The molecule has 9 heteroatoms. The second kappa shape index (κ2) is 10.0. The average molecular weight is 495 g/mol. The third-order valence-corrected chi connectivity index (χ3v) is 6.46. The normalized spacial score (nSPS) is 16.3. The number of halogens is 3. The van der Waals surface area contributed by atoms with Gasteiger partial charge in [0.1, 0.15) is 11.6 Å². The Hall–Kier alpha value is -3.88. The lowest BCUT2D eigenvalue weighted by Gasteiger charge is -2.32. The third kappa shape index (κ3) is 5.19. The van der Waals surface area contributed by atoms with Crippen LogP contribution in [0.4, 0.5) is 13.2 Å². The maximum atomic E-state index is 13.2. The molecule has 1 unspecified atom stereocenters. The quantitative estimate of drug-likeness (QED) is 0.373. The molecule has 0 aliphatic carbocycles. The Kier molecular flexibility index (Phi) is 6.63. The molecule has 2 aromatic heterocycles. The van der Waals surface area contributed by atoms with Crippen molar-refractivity contribution < 1.29 is 22.7 Å². The fourth-order valence-corrected chi connectivity index (χ4v) is 4.61. The van der Waals surface area contributed by atoms with Crippen LogP contribution in [0.25, 0.3) is 5.65 Å². The Morgan fingerprint density at radius 3 is 2.58 bits per heavy atom. The van der Waals surface area contributed by atoms with E-state index in [1.54, 1.807) is 4.90 Å². The molecule has 4 aromatic rings. The number of pyridine rings is 1.